The summed E-state index contributed by atoms with van der Waals surface area (Å²) in [7, 11) is -6.71. The Balaban J connectivity index is 1.22. The van der Waals surface area contributed by atoms with Gasteiger partial charge in [0.05, 0.1) is 47.6 Å². The normalized spacial score (nSPS) is 20.3. The third kappa shape index (κ3) is 8.91. The Bertz CT molecular complexity index is 2090. The molecule has 5 atom stereocenters. The molecular formula is C37H46N4O10S2. The fourth-order valence-electron chi connectivity index (χ4n) is 6.61. The van der Waals surface area contributed by atoms with Crippen LogP contribution in [0.25, 0.3) is 11.0 Å². The lowest BCUT2D eigenvalue weighted by Crippen LogP contribution is -2.51. The number of hydrogen-bond acceptors (Lipinski definition) is 11. The lowest BCUT2D eigenvalue weighted by atomic mass is 10.0. The molecule has 286 valence electrons. The molecular weight excluding hydrogens is 725 g/mol. The first-order valence-electron chi connectivity index (χ1n) is 17.6. The Hall–Kier alpha value is -3.90. The Morgan fingerprint density at radius 2 is 1.70 bits per heavy atom. The largest absolute Gasteiger partial charge is 0.443 e. The van der Waals surface area contributed by atoms with Gasteiger partial charge in [0.2, 0.25) is 20.0 Å². The molecule has 16 heteroatoms. The number of carbonyl (C=O) groups excluding carboxylic acids is 1. The minimum absolute atomic E-state index is 0.0659. The molecule has 0 saturated carbocycles. The highest BCUT2D eigenvalue weighted by Crippen LogP contribution is 2.33. The fourth-order valence-corrected chi connectivity index (χ4v) is 9.39. The second-order valence-corrected chi connectivity index (χ2v) is 18.0. The molecule has 6 rings (SSSR count). The molecule has 0 radical (unpaired) electrons. The summed E-state index contributed by atoms with van der Waals surface area (Å²) in [4.78, 5) is 13.2. The minimum atomic E-state index is -4.25. The number of nitrogens with zero attached hydrogens (tertiary/aromatic N) is 3. The molecule has 2 aliphatic heterocycles. The van der Waals surface area contributed by atoms with Gasteiger partial charge in [0, 0.05) is 25.5 Å². The van der Waals surface area contributed by atoms with Crippen LogP contribution in [0.5, 0.6) is 0 Å². The molecule has 2 N–H and O–H groups in total. The smallest absolute Gasteiger partial charge is 0.407 e. The van der Waals surface area contributed by atoms with Crippen LogP contribution in [0.4, 0.5) is 4.79 Å². The van der Waals surface area contributed by atoms with Gasteiger partial charge in [-0.2, -0.15) is 8.61 Å². The SMILES string of the molecule is Cc1ccc(S(=O)(=O)N(C)Cc2noc3ccc(S(=O)(=O)N(CC(C)C)C[C@@H](O)[C@H](Cc4ccccc4)NC(=O)OC4CO[C@H]5OCC[C@@H]45)cc23)cc1. The van der Waals surface area contributed by atoms with Crippen molar-refractivity contribution in [1.29, 1.82) is 0 Å². The molecule has 14 nitrogen and oxygen atoms in total. The van der Waals surface area contributed by atoms with Crippen molar-refractivity contribution in [2.75, 3.05) is 33.4 Å². The maximum Gasteiger partial charge on any atom is 0.407 e. The number of aryl methyl sites for hydroxylation is 1. The molecule has 4 aromatic rings. The summed E-state index contributed by atoms with van der Waals surface area (Å²) in [6.07, 6.45) is -2.09. The highest BCUT2D eigenvalue weighted by Gasteiger charge is 2.44. The first kappa shape index (κ1) is 38.8. The molecule has 1 amide bonds. The average molecular weight is 771 g/mol. The quantitative estimate of drug-likeness (QED) is 0.178. The Morgan fingerprint density at radius 1 is 0.981 bits per heavy atom. The van der Waals surface area contributed by atoms with Crippen LogP contribution in [0.15, 0.2) is 87.1 Å². The highest BCUT2D eigenvalue weighted by atomic mass is 32.2. The Morgan fingerprint density at radius 3 is 2.42 bits per heavy atom. The van der Waals surface area contributed by atoms with E-state index in [4.69, 9.17) is 18.7 Å². The Labute approximate surface area is 310 Å². The van der Waals surface area contributed by atoms with Crippen molar-refractivity contribution in [2.45, 2.75) is 74.5 Å². The minimum Gasteiger partial charge on any atom is -0.443 e. The first-order valence-corrected chi connectivity index (χ1v) is 20.4. The van der Waals surface area contributed by atoms with Gasteiger partial charge in [0.25, 0.3) is 0 Å². The molecule has 1 unspecified atom stereocenters. The zero-order chi connectivity index (χ0) is 37.9. The van der Waals surface area contributed by atoms with Crippen LogP contribution < -0.4 is 5.32 Å². The molecule has 0 spiro atoms. The van der Waals surface area contributed by atoms with Gasteiger partial charge in [0.15, 0.2) is 11.9 Å². The van der Waals surface area contributed by atoms with Crippen molar-refractivity contribution >= 4 is 37.1 Å². The van der Waals surface area contributed by atoms with Crippen LogP contribution in [0.1, 0.15) is 37.1 Å². The summed E-state index contributed by atoms with van der Waals surface area (Å²) >= 11 is 0. The van der Waals surface area contributed by atoms with Crippen LogP contribution in [0.2, 0.25) is 0 Å². The predicted molar refractivity (Wildman–Crippen MR) is 195 cm³/mol. The molecule has 0 aliphatic carbocycles. The maximum absolute atomic E-state index is 14.3. The summed E-state index contributed by atoms with van der Waals surface area (Å²) in [5, 5.41) is 18.9. The van der Waals surface area contributed by atoms with E-state index >= 15 is 0 Å². The topological polar surface area (TPSA) is 178 Å². The number of hydrogen-bond donors (Lipinski definition) is 2. The summed E-state index contributed by atoms with van der Waals surface area (Å²) < 4.78 is 79.9. The van der Waals surface area contributed by atoms with E-state index in [0.717, 1.165) is 15.4 Å². The zero-order valence-electron chi connectivity index (χ0n) is 30.1. The number of aliphatic hydroxyl groups excluding tert-OH is 1. The number of nitrogens with one attached hydrogen (secondary N) is 1. The van der Waals surface area contributed by atoms with Crippen molar-refractivity contribution in [1.82, 2.24) is 19.1 Å². The molecule has 2 aliphatic rings. The van der Waals surface area contributed by atoms with Crippen molar-refractivity contribution < 1.29 is 45.5 Å². The van der Waals surface area contributed by atoms with Gasteiger partial charge in [-0.25, -0.2) is 21.6 Å². The van der Waals surface area contributed by atoms with Crippen molar-refractivity contribution in [3.63, 3.8) is 0 Å². The van der Waals surface area contributed by atoms with E-state index in [2.05, 4.69) is 10.5 Å². The number of benzene rings is 3. The summed E-state index contributed by atoms with van der Waals surface area (Å²) in [6, 6.07) is 19.1. The van der Waals surface area contributed by atoms with Crippen molar-refractivity contribution in [2.24, 2.45) is 11.8 Å². The molecule has 2 saturated heterocycles. The van der Waals surface area contributed by atoms with Crippen molar-refractivity contribution in [3.05, 3.63) is 89.6 Å². The molecule has 53 heavy (non-hydrogen) atoms. The van der Waals surface area contributed by atoms with E-state index in [1.54, 1.807) is 12.1 Å². The van der Waals surface area contributed by atoms with Gasteiger partial charge in [-0.15, -0.1) is 0 Å². The summed E-state index contributed by atoms with van der Waals surface area (Å²) in [6.45, 7) is 5.86. The number of ether oxygens (including phenoxy) is 3. The van der Waals surface area contributed by atoms with Crippen LogP contribution in [0, 0.1) is 18.8 Å². The van der Waals surface area contributed by atoms with E-state index < -0.39 is 50.7 Å². The average Bonchev–Trinajstić information content (AvgIpc) is 3.85. The summed E-state index contributed by atoms with van der Waals surface area (Å²) in [5.41, 5.74) is 2.26. The fraction of sp³-hybridized carbons (Fsp3) is 0.459. The lowest BCUT2D eigenvalue weighted by molar-refractivity contribution is -0.0907. The lowest BCUT2D eigenvalue weighted by Gasteiger charge is -2.31. The number of sulfonamides is 2. The number of aliphatic hydroxyl groups is 1. The van der Waals surface area contributed by atoms with Gasteiger partial charge in [-0.1, -0.05) is 67.0 Å². The van der Waals surface area contributed by atoms with Gasteiger partial charge in [0.1, 0.15) is 11.8 Å². The monoisotopic (exact) mass is 770 g/mol. The number of rotatable bonds is 15. The van der Waals surface area contributed by atoms with Crippen LogP contribution in [-0.4, -0.2) is 99.7 Å². The molecule has 3 aromatic carbocycles. The molecule has 2 fully saturated rings. The first-order chi connectivity index (χ1) is 25.2. The van der Waals surface area contributed by atoms with Crippen LogP contribution in [-0.2, 0) is 47.2 Å². The van der Waals surface area contributed by atoms with Gasteiger partial charge in [-0.3, -0.25) is 0 Å². The van der Waals surface area contributed by atoms with Gasteiger partial charge >= 0.3 is 6.09 Å². The number of alkyl carbamates (subject to hydrolysis) is 1. The zero-order valence-corrected chi connectivity index (χ0v) is 31.8. The molecule has 1 aromatic heterocycles. The van der Waals surface area contributed by atoms with Gasteiger partial charge < -0.3 is 29.2 Å². The maximum atomic E-state index is 14.3. The van der Waals surface area contributed by atoms with E-state index in [-0.39, 0.29) is 65.6 Å². The number of carbonyl (C=O) groups is 1. The van der Waals surface area contributed by atoms with E-state index in [0.29, 0.717) is 18.4 Å². The van der Waals surface area contributed by atoms with Crippen LogP contribution >= 0.6 is 0 Å². The van der Waals surface area contributed by atoms with Crippen LogP contribution in [0.3, 0.4) is 0 Å². The van der Waals surface area contributed by atoms with E-state index in [9.17, 15) is 26.7 Å². The van der Waals surface area contributed by atoms with Crippen molar-refractivity contribution in [3.8, 4) is 0 Å². The Kier molecular flexibility index (Phi) is 11.9. The highest BCUT2D eigenvalue weighted by molar-refractivity contribution is 7.89. The van der Waals surface area contributed by atoms with Gasteiger partial charge in [-0.05, 0) is 61.6 Å². The third-order valence-corrected chi connectivity index (χ3v) is 13.2. The third-order valence-electron chi connectivity index (χ3n) is 9.52. The molecule has 3 heterocycles. The number of amides is 1. The second-order valence-electron chi connectivity index (χ2n) is 14.1. The number of fused-ring (bicyclic) bond motifs is 2. The van der Waals surface area contributed by atoms with E-state index in [1.165, 1.54) is 41.7 Å². The summed E-state index contributed by atoms with van der Waals surface area (Å²) in [5.74, 6) is -0.201. The molecule has 0 bridgehead atoms. The van der Waals surface area contributed by atoms with E-state index in [1.807, 2.05) is 51.1 Å². The standard InChI is InChI=1S/C37H46N4O10S2/c1-24(2)20-41(22-33(42)31(18-26-8-6-5-7-9-26)38-37(43)50-35-23-49-36-29(35)16-17-48-36)53(46,47)28-14-15-34-30(19-28)32(39-51-34)21-40(4)52(44,45)27-12-10-25(3)11-13-27/h5-15,19,24,29,31,33,35-36,42H,16-18,20-23H2,1-4H3,(H,38,43)/t29-,31-,33+,35?,36+/m0/s1. The number of aromatic nitrogens is 1. The predicted octanol–water partition coefficient (Wildman–Crippen LogP) is 4.06. The second kappa shape index (κ2) is 16.2.